The molecule has 3 heteroatoms. The predicted molar refractivity (Wildman–Crippen MR) is 72.7 cm³/mol. The van der Waals surface area contributed by atoms with Crippen molar-refractivity contribution in [1.82, 2.24) is 4.57 Å². The van der Waals surface area contributed by atoms with E-state index in [2.05, 4.69) is 29.7 Å². The average Bonchev–Trinajstić information content (AvgIpc) is 2.63. The van der Waals surface area contributed by atoms with E-state index in [9.17, 15) is 4.79 Å². The summed E-state index contributed by atoms with van der Waals surface area (Å²) in [6.45, 7) is 5.84. The molecule has 0 bridgehead atoms. The van der Waals surface area contributed by atoms with Gasteiger partial charge in [-0.15, -0.1) is 0 Å². The van der Waals surface area contributed by atoms with Gasteiger partial charge < -0.3 is 9.30 Å². The highest BCUT2D eigenvalue weighted by Crippen LogP contribution is 2.28. The summed E-state index contributed by atoms with van der Waals surface area (Å²) in [6.07, 6.45) is 0. The van der Waals surface area contributed by atoms with Crippen molar-refractivity contribution in [1.29, 1.82) is 0 Å². The van der Waals surface area contributed by atoms with Crippen LogP contribution in [0.4, 0.5) is 0 Å². The van der Waals surface area contributed by atoms with E-state index in [0.29, 0.717) is 0 Å². The molecule has 3 nitrogen and oxygen atoms in total. The average molecular weight is 245 g/mol. The number of hydrogen-bond acceptors (Lipinski definition) is 2. The molecule has 0 spiro atoms. The summed E-state index contributed by atoms with van der Waals surface area (Å²) in [5.41, 5.74) is 2.74. The Hall–Kier alpha value is -1.77. The van der Waals surface area contributed by atoms with Crippen LogP contribution in [0.1, 0.15) is 25.1 Å². The Balaban J connectivity index is 2.57. The molecule has 0 aliphatic rings. The number of carbonyl (C=O) groups is 1. The second-order valence-corrected chi connectivity index (χ2v) is 5.23. The molecule has 0 aliphatic carbocycles. The summed E-state index contributed by atoms with van der Waals surface area (Å²) >= 11 is 0. The van der Waals surface area contributed by atoms with Crippen molar-refractivity contribution in [2.24, 2.45) is 7.05 Å². The topological polar surface area (TPSA) is 31.2 Å². The van der Waals surface area contributed by atoms with Crippen molar-refractivity contribution < 1.29 is 9.53 Å². The largest absolute Gasteiger partial charge is 0.468 e. The van der Waals surface area contributed by atoms with Gasteiger partial charge in [-0.3, -0.25) is 4.79 Å². The molecule has 0 saturated heterocycles. The summed E-state index contributed by atoms with van der Waals surface area (Å²) in [5.74, 6) is -0.213. The fourth-order valence-electron chi connectivity index (χ4n) is 2.25. The highest BCUT2D eigenvalue weighted by molar-refractivity contribution is 5.87. The number of rotatable bonds is 2. The highest BCUT2D eigenvalue weighted by atomic mass is 16.5. The molecule has 0 atom stereocenters. The first-order valence-electron chi connectivity index (χ1n) is 6.03. The Morgan fingerprint density at radius 1 is 1.28 bits per heavy atom. The van der Waals surface area contributed by atoms with E-state index in [-0.39, 0.29) is 5.97 Å². The second kappa shape index (κ2) is 4.16. The normalized spacial score (nSPS) is 11.8. The van der Waals surface area contributed by atoms with Gasteiger partial charge in [0.1, 0.15) is 0 Å². The van der Waals surface area contributed by atoms with Gasteiger partial charge in [0.25, 0.3) is 0 Å². The molecule has 0 aliphatic heterocycles. The second-order valence-electron chi connectivity index (χ2n) is 5.23. The number of esters is 1. The number of aryl methyl sites for hydroxylation is 2. The zero-order valence-corrected chi connectivity index (χ0v) is 11.6. The van der Waals surface area contributed by atoms with Gasteiger partial charge in [-0.05, 0) is 44.5 Å². The van der Waals surface area contributed by atoms with Crippen LogP contribution in [-0.2, 0) is 22.0 Å². The third kappa shape index (κ3) is 1.80. The van der Waals surface area contributed by atoms with E-state index in [1.165, 1.54) is 18.3 Å². The van der Waals surface area contributed by atoms with E-state index in [0.717, 1.165) is 10.9 Å². The molecule has 2 rings (SSSR count). The van der Waals surface area contributed by atoms with Crippen LogP contribution in [0.3, 0.4) is 0 Å². The lowest BCUT2D eigenvalue weighted by atomic mass is 9.84. The van der Waals surface area contributed by atoms with E-state index in [4.69, 9.17) is 4.74 Å². The fraction of sp³-hybridized carbons (Fsp3) is 0.400. The first-order valence-corrected chi connectivity index (χ1v) is 6.03. The van der Waals surface area contributed by atoms with Gasteiger partial charge in [-0.1, -0.05) is 6.07 Å². The molecule has 18 heavy (non-hydrogen) atoms. The maximum atomic E-state index is 11.8. The first-order chi connectivity index (χ1) is 8.37. The van der Waals surface area contributed by atoms with E-state index < -0.39 is 5.41 Å². The van der Waals surface area contributed by atoms with Crippen LogP contribution < -0.4 is 0 Å². The fourth-order valence-corrected chi connectivity index (χ4v) is 2.25. The molecule has 1 heterocycles. The van der Waals surface area contributed by atoms with Crippen LogP contribution >= 0.6 is 0 Å². The van der Waals surface area contributed by atoms with Gasteiger partial charge >= 0.3 is 5.97 Å². The van der Waals surface area contributed by atoms with Gasteiger partial charge in [0.15, 0.2) is 0 Å². The third-order valence-electron chi connectivity index (χ3n) is 3.70. The molecule has 0 amide bonds. The molecular weight excluding hydrogens is 226 g/mol. The Morgan fingerprint density at radius 2 is 1.94 bits per heavy atom. The smallest absolute Gasteiger partial charge is 0.315 e. The van der Waals surface area contributed by atoms with Gasteiger partial charge in [0.2, 0.25) is 0 Å². The number of carbonyl (C=O) groups excluding carboxylic acids is 1. The van der Waals surface area contributed by atoms with Crippen LogP contribution in [0.15, 0.2) is 24.3 Å². The SMILES string of the molecule is COC(=O)C(C)(C)c1ccc2c(c1)cc(C)n2C. The molecule has 2 aromatic rings. The quantitative estimate of drug-likeness (QED) is 0.762. The standard InChI is InChI=1S/C15H19NO2/c1-10-8-11-9-12(6-7-13(11)16(10)4)15(2,3)14(17)18-5/h6-9H,1-5H3. The van der Waals surface area contributed by atoms with Crippen molar-refractivity contribution in [2.75, 3.05) is 7.11 Å². The number of benzene rings is 1. The van der Waals surface area contributed by atoms with Crippen molar-refractivity contribution in [3.8, 4) is 0 Å². The Morgan fingerprint density at radius 3 is 2.56 bits per heavy atom. The van der Waals surface area contributed by atoms with Crippen LogP contribution in [0.25, 0.3) is 10.9 Å². The van der Waals surface area contributed by atoms with Crippen LogP contribution in [0, 0.1) is 6.92 Å². The molecule has 0 saturated carbocycles. The van der Waals surface area contributed by atoms with Gasteiger partial charge in [0, 0.05) is 23.6 Å². The van der Waals surface area contributed by atoms with Crippen molar-refractivity contribution in [3.05, 3.63) is 35.5 Å². The number of methoxy groups -OCH3 is 1. The third-order valence-corrected chi connectivity index (χ3v) is 3.70. The highest BCUT2D eigenvalue weighted by Gasteiger charge is 2.31. The monoisotopic (exact) mass is 245 g/mol. The zero-order valence-electron chi connectivity index (χ0n) is 11.6. The summed E-state index contributed by atoms with van der Waals surface area (Å²) in [7, 11) is 3.47. The lowest BCUT2D eigenvalue weighted by molar-refractivity contribution is -0.146. The summed E-state index contributed by atoms with van der Waals surface area (Å²) in [4.78, 5) is 11.8. The Kier molecular flexibility index (Phi) is 2.93. The maximum Gasteiger partial charge on any atom is 0.315 e. The molecule has 1 aromatic heterocycles. The van der Waals surface area contributed by atoms with Crippen molar-refractivity contribution in [2.45, 2.75) is 26.2 Å². The van der Waals surface area contributed by atoms with Crippen molar-refractivity contribution in [3.63, 3.8) is 0 Å². The first kappa shape index (κ1) is 12.7. The van der Waals surface area contributed by atoms with Crippen molar-refractivity contribution >= 4 is 16.9 Å². The van der Waals surface area contributed by atoms with Crippen LogP contribution in [-0.4, -0.2) is 17.6 Å². The Labute approximate surface area is 107 Å². The molecule has 0 fully saturated rings. The van der Waals surface area contributed by atoms with E-state index in [1.54, 1.807) is 0 Å². The molecule has 1 aromatic carbocycles. The number of ether oxygens (including phenoxy) is 1. The lowest BCUT2D eigenvalue weighted by Crippen LogP contribution is -2.30. The number of hydrogen-bond donors (Lipinski definition) is 0. The van der Waals surface area contributed by atoms with E-state index in [1.807, 2.05) is 27.0 Å². The predicted octanol–water partition coefficient (Wildman–Crippen LogP) is 2.94. The van der Waals surface area contributed by atoms with E-state index >= 15 is 0 Å². The summed E-state index contributed by atoms with van der Waals surface area (Å²) < 4.78 is 7.01. The molecule has 0 unspecified atom stereocenters. The minimum atomic E-state index is -0.618. The van der Waals surface area contributed by atoms with Gasteiger partial charge in [-0.25, -0.2) is 0 Å². The van der Waals surface area contributed by atoms with Gasteiger partial charge in [0.05, 0.1) is 12.5 Å². The van der Waals surface area contributed by atoms with Gasteiger partial charge in [-0.2, -0.15) is 0 Å². The summed E-state index contributed by atoms with van der Waals surface area (Å²) in [6, 6.07) is 8.26. The number of nitrogens with zero attached hydrogens (tertiary/aromatic N) is 1. The lowest BCUT2D eigenvalue weighted by Gasteiger charge is -2.22. The molecule has 96 valence electrons. The van der Waals surface area contributed by atoms with Crippen LogP contribution in [0.5, 0.6) is 0 Å². The minimum Gasteiger partial charge on any atom is -0.468 e. The Bertz CT molecular complexity index is 608. The maximum absolute atomic E-state index is 11.8. The molecule has 0 radical (unpaired) electrons. The zero-order chi connectivity index (χ0) is 13.5. The molecular formula is C15H19NO2. The molecule has 0 N–H and O–H groups in total. The number of fused-ring (bicyclic) bond motifs is 1. The van der Waals surface area contributed by atoms with Crippen LogP contribution in [0.2, 0.25) is 0 Å². The minimum absolute atomic E-state index is 0.213. The number of aromatic nitrogens is 1. The summed E-state index contributed by atoms with van der Waals surface area (Å²) in [5, 5.41) is 1.16.